The number of hydrogen-bond donors (Lipinski definition) is 0. The predicted molar refractivity (Wildman–Crippen MR) is 0 cm³/mol. The van der Waals surface area contributed by atoms with Crippen LogP contribution in [0.4, 0.5) is 0 Å². The quantitative estimate of drug-likeness (QED) is 0.407. The molecule has 0 saturated heterocycles. The van der Waals surface area contributed by atoms with Crippen LogP contribution in [0.15, 0.2) is 0 Å². The van der Waals surface area contributed by atoms with E-state index in [0.717, 1.165) is 0 Å². The molecule has 0 spiro atoms. The van der Waals surface area contributed by atoms with Crippen molar-refractivity contribution in [3.05, 3.63) is 0 Å². The molecule has 0 aliphatic carbocycles. The molecule has 0 amide bonds. The Kier molecular flexibility index (Phi) is 1890. The van der Waals surface area contributed by atoms with Crippen LogP contribution in [0.5, 0.6) is 0 Å². The van der Waals surface area contributed by atoms with Crippen molar-refractivity contribution >= 4 is 0 Å². The Labute approximate surface area is 122 Å². The molecule has 0 fully saturated rings. The van der Waals surface area contributed by atoms with Gasteiger partial charge in [-0.15, -0.1) is 0 Å². The van der Waals surface area contributed by atoms with Gasteiger partial charge in [-0.05, 0) is 0 Å². The van der Waals surface area contributed by atoms with Gasteiger partial charge in [-0.25, -0.2) is 0 Å². The van der Waals surface area contributed by atoms with E-state index in [1.165, 1.54) is 0 Å². The molecule has 2 radical (unpaired) electrons. The molecule has 0 aliphatic heterocycles. The van der Waals surface area contributed by atoms with Crippen LogP contribution >= 0.6 is 0 Å². The molecule has 62 valence electrons. The minimum absolute atomic E-state index is 0. The fourth-order valence-corrected chi connectivity index (χ4v) is 0. The molecular weight excluding hydrogens is 350 g/mol. The van der Waals surface area contributed by atoms with Crippen molar-refractivity contribution in [1.82, 2.24) is 0 Å². The Morgan fingerprint density at radius 1 is 0.222 bits per heavy atom. The Hall–Kier alpha value is 3.20. The standard InChI is InChI=1S/7ClH.2V/h7*1H;;/q;;;;;;;2*+2/p-7. The van der Waals surface area contributed by atoms with E-state index in [9.17, 15) is 0 Å². The van der Waals surface area contributed by atoms with Crippen molar-refractivity contribution in [3.63, 3.8) is 0 Å². The largest absolute Gasteiger partial charge is 2.00 e. The predicted octanol–water partition coefficient (Wildman–Crippen LogP) is -21.0. The number of rotatable bonds is 0. The average molecular weight is 350 g/mol. The van der Waals surface area contributed by atoms with E-state index in [2.05, 4.69) is 0 Å². The Morgan fingerprint density at radius 2 is 0.222 bits per heavy atom. The maximum absolute atomic E-state index is 0. The van der Waals surface area contributed by atoms with E-state index in [4.69, 9.17) is 0 Å². The normalized spacial score (nSPS) is 0. The van der Waals surface area contributed by atoms with Crippen LogP contribution in [-0.2, 0) is 37.1 Å². The molecular formula is Cl7V2-3. The molecule has 0 aromatic heterocycles. The summed E-state index contributed by atoms with van der Waals surface area (Å²) < 4.78 is 0. The van der Waals surface area contributed by atoms with Gasteiger partial charge < -0.3 is 86.8 Å². The van der Waals surface area contributed by atoms with Crippen molar-refractivity contribution in [3.8, 4) is 0 Å². The molecule has 9 heavy (non-hydrogen) atoms. The molecule has 0 heterocycles. The van der Waals surface area contributed by atoms with Crippen molar-refractivity contribution in [1.29, 1.82) is 0 Å². The van der Waals surface area contributed by atoms with Gasteiger partial charge in [0.1, 0.15) is 0 Å². The minimum Gasteiger partial charge on any atom is -1.00 e. The monoisotopic (exact) mass is 347 g/mol. The molecule has 0 atom stereocenters. The first kappa shape index (κ1) is 150. The van der Waals surface area contributed by atoms with E-state index in [0.29, 0.717) is 0 Å². The molecule has 0 aliphatic rings. The Morgan fingerprint density at radius 3 is 0.222 bits per heavy atom. The summed E-state index contributed by atoms with van der Waals surface area (Å²) in [5, 5.41) is 0. The van der Waals surface area contributed by atoms with Crippen molar-refractivity contribution in [2.45, 2.75) is 0 Å². The molecule has 0 aromatic rings. The van der Waals surface area contributed by atoms with Crippen LogP contribution in [0.3, 0.4) is 0 Å². The second-order valence-corrected chi connectivity index (χ2v) is 0. The molecule has 0 rings (SSSR count). The van der Waals surface area contributed by atoms with Gasteiger partial charge >= 0.3 is 37.1 Å². The second kappa shape index (κ2) is 114. The van der Waals surface area contributed by atoms with Gasteiger partial charge in [0.05, 0.1) is 0 Å². The zero-order valence-corrected chi connectivity index (χ0v) is 11.6. The SMILES string of the molecule is [Cl-].[Cl-].[Cl-].[Cl-].[Cl-].[Cl-].[Cl-].[V+2].[V+2]. The molecule has 0 unspecified atom stereocenters. The first-order valence-corrected chi connectivity index (χ1v) is 0. The van der Waals surface area contributed by atoms with Gasteiger partial charge in [-0.3, -0.25) is 0 Å². The first-order chi connectivity index (χ1) is 0. The molecule has 9 heteroatoms. The minimum atomic E-state index is 0. The summed E-state index contributed by atoms with van der Waals surface area (Å²) in [6, 6.07) is 0. The molecule has 0 saturated carbocycles. The maximum Gasteiger partial charge on any atom is 2.00 e. The smallest absolute Gasteiger partial charge is 1.00 e. The zero-order valence-electron chi connectivity index (χ0n) is 3.54. The van der Waals surface area contributed by atoms with Gasteiger partial charge in [0, 0.05) is 0 Å². The van der Waals surface area contributed by atoms with E-state index < -0.39 is 0 Å². The van der Waals surface area contributed by atoms with E-state index in [1.54, 1.807) is 0 Å². The Balaban J connectivity index is 0. The van der Waals surface area contributed by atoms with E-state index in [-0.39, 0.29) is 124 Å². The summed E-state index contributed by atoms with van der Waals surface area (Å²) in [5.41, 5.74) is 0. The van der Waals surface area contributed by atoms with Gasteiger partial charge in [0.2, 0.25) is 0 Å². The summed E-state index contributed by atoms with van der Waals surface area (Å²) in [6.07, 6.45) is 0. The van der Waals surface area contributed by atoms with Crippen LogP contribution < -0.4 is 86.8 Å². The molecule has 0 aromatic carbocycles. The summed E-state index contributed by atoms with van der Waals surface area (Å²) in [6.45, 7) is 0. The van der Waals surface area contributed by atoms with E-state index >= 15 is 0 Å². The third kappa shape index (κ3) is 92.6. The van der Waals surface area contributed by atoms with Crippen LogP contribution in [-0.4, -0.2) is 0 Å². The summed E-state index contributed by atoms with van der Waals surface area (Å²) in [4.78, 5) is 0. The summed E-state index contributed by atoms with van der Waals surface area (Å²) >= 11 is 0. The first-order valence-electron chi connectivity index (χ1n) is 0. The van der Waals surface area contributed by atoms with Crippen LogP contribution in [0.25, 0.3) is 0 Å². The van der Waals surface area contributed by atoms with Crippen LogP contribution in [0, 0.1) is 0 Å². The van der Waals surface area contributed by atoms with Crippen molar-refractivity contribution in [2.75, 3.05) is 0 Å². The van der Waals surface area contributed by atoms with Gasteiger partial charge in [0.15, 0.2) is 0 Å². The zero-order chi connectivity index (χ0) is 0. The molecule has 0 nitrogen and oxygen atoms in total. The van der Waals surface area contributed by atoms with Gasteiger partial charge in [0.25, 0.3) is 0 Å². The summed E-state index contributed by atoms with van der Waals surface area (Å²) in [5.74, 6) is 0. The van der Waals surface area contributed by atoms with Crippen molar-refractivity contribution in [2.24, 2.45) is 0 Å². The summed E-state index contributed by atoms with van der Waals surface area (Å²) in [7, 11) is 0. The van der Waals surface area contributed by atoms with Gasteiger partial charge in [-0.2, -0.15) is 0 Å². The maximum atomic E-state index is 0. The Bertz CT molecular complexity index is 6.88. The van der Waals surface area contributed by atoms with E-state index in [1.807, 2.05) is 0 Å². The third-order valence-corrected chi connectivity index (χ3v) is 0. The molecule has 0 N–H and O–H groups in total. The van der Waals surface area contributed by atoms with Crippen LogP contribution in [0.2, 0.25) is 0 Å². The topological polar surface area (TPSA) is 0 Å². The average Bonchev–Trinajstić information content (AvgIpc) is 0. The van der Waals surface area contributed by atoms with Crippen molar-refractivity contribution < 1.29 is 124 Å². The fraction of sp³-hybridized carbons (Fsp3) is 0. The second-order valence-electron chi connectivity index (χ2n) is 0. The number of halogens is 7. The number of hydrogen-bond acceptors (Lipinski definition) is 0. The molecule has 0 bridgehead atoms. The van der Waals surface area contributed by atoms with Gasteiger partial charge in [-0.1, -0.05) is 0 Å². The van der Waals surface area contributed by atoms with Crippen LogP contribution in [0.1, 0.15) is 0 Å². The fourth-order valence-electron chi connectivity index (χ4n) is 0. The third-order valence-electron chi connectivity index (χ3n) is 0.